The molecule has 4 heteroatoms. The van der Waals surface area contributed by atoms with E-state index in [0.717, 1.165) is 29.1 Å². The molecule has 0 unspecified atom stereocenters. The van der Waals surface area contributed by atoms with E-state index in [4.69, 9.17) is 0 Å². The number of hydrogen-bond donors (Lipinski definition) is 0. The maximum atomic E-state index is 12.7. The Balaban J connectivity index is 2.28. The molecule has 4 nitrogen and oxygen atoms in total. The number of benzene rings is 1. The van der Waals surface area contributed by atoms with Gasteiger partial charge in [-0.25, -0.2) is 4.68 Å². The molecule has 23 heavy (non-hydrogen) atoms. The molecule has 0 fully saturated rings. The first-order chi connectivity index (χ1) is 10.8. The van der Waals surface area contributed by atoms with Crippen molar-refractivity contribution in [2.75, 3.05) is 7.05 Å². The van der Waals surface area contributed by atoms with Gasteiger partial charge in [-0.05, 0) is 46.2 Å². The van der Waals surface area contributed by atoms with Crippen molar-refractivity contribution in [3.8, 4) is 5.69 Å². The monoisotopic (exact) mass is 313 g/mol. The smallest absolute Gasteiger partial charge is 0.227 e. The van der Waals surface area contributed by atoms with Crippen molar-refractivity contribution in [3.63, 3.8) is 0 Å². The van der Waals surface area contributed by atoms with Gasteiger partial charge < -0.3 is 4.90 Å². The van der Waals surface area contributed by atoms with Gasteiger partial charge >= 0.3 is 0 Å². The fourth-order valence-corrected chi connectivity index (χ4v) is 2.60. The van der Waals surface area contributed by atoms with Crippen molar-refractivity contribution < 1.29 is 4.79 Å². The minimum Gasteiger partial charge on any atom is -0.340 e. The second kappa shape index (κ2) is 6.57. The first-order valence-electron chi connectivity index (χ1n) is 8.15. The lowest BCUT2D eigenvalue weighted by Gasteiger charge is -2.35. The Hall–Kier alpha value is -2.10. The molecule has 0 aliphatic rings. The molecule has 0 saturated heterocycles. The Kier molecular flexibility index (Phi) is 4.93. The lowest BCUT2D eigenvalue weighted by Crippen LogP contribution is -2.45. The van der Waals surface area contributed by atoms with Crippen molar-refractivity contribution in [1.82, 2.24) is 14.7 Å². The van der Waals surface area contributed by atoms with Crippen LogP contribution in [-0.2, 0) is 11.2 Å². The van der Waals surface area contributed by atoms with E-state index >= 15 is 0 Å². The van der Waals surface area contributed by atoms with E-state index in [1.54, 1.807) is 0 Å². The molecular weight excluding hydrogens is 286 g/mol. The first kappa shape index (κ1) is 17.3. The van der Waals surface area contributed by atoms with Gasteiger partial charge in [-0.2, -0.15) is 5.10 Å². The number of likely N-dealkylation sites (N-methyl/N-ethyl adjacent to an activating group) is 1. The summed E-state index contributed by atoms with van der Waals surface area (Å²) in [7, 11) is 1.89. The lowest BCUT2D eigenvalue weighted by molar-refractivity contribution is -0.134. The number of hydrogen-bond acceptors (Lipinski definition) is 2. The number of aryl methyl sites for hydroxylation is 1. The summed E-state index contributed by atoms with van der Waals surface area (Å²) < 4.78 is 1.92. The van der Waals surface area contributed by atoms with Crippen molar-refractivity contribution >= 4 is 5.91 Å². The standard InChI is InChI=1S/C19H27N3O/c1-7-19(4,5)21(6)18(23)13-17-14(2)20-22(15(17)3)16-11-9-8-10-12-16/h8-12H,7,13H2,1-6H3. The van der Waals surface area contributed by atoms with E-state index in [1.807, 2.05) is 60.8 Å². The highest BCUT2D eigenvalue weighted by molar-refractivity contribution is 5.79. The Morgan fingerprint density at radius 1 is 1.22 bits per heavy atom. The number of carbonyl (C=O) groups excluding carboxylic acids is 1. The quantitative estimate of drug-likeness (QED) is 0.844. The molecule has 1 aromatic heterocycles. The van der Waals surface area contributed by atoms with Gasteiger partial charge in [-0.15, -0.1) is 0 Å². The van der Waals surface area contributed by atoms with Gasteiger partial charge in [0.25, 0.3) is 0 Å². The third-order valence-electron chi connectivity index (χ3n) is 4.92. The normalized spacial score (nSPS) is 11.6. The van der Waals surface area contributed by atoms with Crippen LogP contribution < -0.4 is 0 Å². The maximum absolute atomic E-state index is 12.7. The Labute approximate surface area is 139 Å². The summed E-state index contributed by atoms with van der Waals surface area (Å²) in [5.41, 5.74) is 3.87. The predicted molar refractivity (Wildman–Crippen MR) is 93.9 cm³/mol. The van der Waals surface area contributed by atoms with Crippen LogP contribution in [0.1, 0.15) is 44.1 Å². The second-order valence-electron chi connectivity index (χ2n) is 6.69. The van der Waals surface area contributed by atoms with E-state index < -0.39 is 0 Å². The van der Waals surface area contributed by atoms with Crippen LogP contribution in [0.3, 0.4) is 0 Å². The number of rotatable bonds is 5. The zero-order chi connectivity index (χ0) is 17.2. The molecule has 0 radical (unpaired) electrons. The van der Waals surface area contributed by atoms with Crippen LogP contribution in [0.4, 0.5) is 0 Å². The summed E-state index contributed by atoms with van der Waals surface area (Å²) in [5, 5.41) is 4.62. The van der Waals surface area contributed by atoms with Crippen molar-refractivity contribution in [2.45, 2.75) is 53.0 Å². The summed E-state index contributed by atoms with van der Waals surface area (Å²) in [6.07, 6.45) is 1.32. The fraction of sp³-hybridized carbons (Fsp3) is 0.474. The molecular formula is C19H27N3O. The molecule has 0 bridgehead atoms. The summed E-state index contributed by atoms with van der Waals surface area (Å²) in [6.45, 7) is 10.3. The Morgan fingerprint density at radius 3 is 2.39 bits per heavy atom. The van der Waals surface area contributed by atoms with Gasteiger partial charge in [-0.1, -0.05) is 25.1 Å². The number of amides is 1. The molecule has 2 rings (SSSR count). The Bertz CT molecular complexity index is 686. The molecule has 1 aromatic carbocycles. The SMILES string of the molecule is CCC(C)(C)N(C)C(=O)Cc1c(C)nn(-c2ccccc2)c1C. The summed E-state index contributed by atoms with van der Waals surface area (Å²) >= 11 is 0. The van der Waals surface area contributed by atoms with Crippen LogP contribution in [0, 0.1) is 13.8 Å². The zero-order valence-electron chi connectivity index (χ0n) is 15.1. The van der Waals surface area contributed by atoms with Gasteiger partial charge in [0.2, 0.25) is 5.91 Å². The summed E-state index contributed by atoms with van der Waals surface area (Å²) in [6, 6.07) is 10.0. The zero-order valence-corrected chi connectivity index (χ0v) is 15.1. The van der Waals surface area contributed by atoms with Crippen molar-refractivity contribution in [2.24, 2.45) is 0 Å². The molecule has 1 amide bonds. The van der Waals surface area contributed by atoms with E-state index in [-0.39, 0.29) is 11.4 Å². The van der Waals surface area contributed by atoms with E-state index in [0.29, 0.717) is 6.42 Å². The van der Waals surface area contributed by atoms with Gasteiger partial charge in [0.15, 0.2) is 0 Å². The average molecular weight is 313 g/mol. The third kappa shape index (κ3) is 3.46. The largest absolute Gasteiger partial charge is 0.340 e. The van der Waals surface area contributed by atoms with Crippen molar-refractivity contribution in [3.05, 3.63) is 47.3 Å². The number of para-hydroxylation sites is 1. The minimum absolute atomic E-state index is 0.131. The van der Waals surface area contributed by atoms with Crippen LogP contribution >= 0.6 is 0 Å². The molecule has 2 aromatic rings. The summed E-state index contributed by atoms with van der Waals surface area (Å²) in [5.74, 6) is 0.135. The highest BCUT2D eigenvalue weighted by Gasteiger charge is 2.27. The van der Waals surface area contributed by atoms with E-state index in [2.05, 4.69) is 25.9 Å². The van der Waals surface area contributed by atoms with Crippen LogP contribution in [0.2, 0.25) is 0 Å². The summed E-state index contributed by atoms with van der Waals surface area (Å²) in [4.78, 5) is 14.5. The predicted octanol–water partition coefficient (Wildman–Crippen LogP) is 3.68. The third-order valence-corrected chi connectivity index (χ3v) is 4.92. The van der Waals surface area contributed by atoms with Gasteiger partial charge in [0.1, 0.15) is 0 Å². The maximum Gasteiger partial charge on any atom is 0.227 e. The molecule has 0 atom stereocenters. The van der Waals surface area contributed by atoms with Gasteiger partial charge in [0, 0.05) is 23.8 Å². The molecule has 0 N–H and O–H groups in total. The molecule has 1 heterocycles. The lowest BCUT2D eigenvalue weighted by atomic mass is 9.98. The Morgan fingerprint density at radius 2 is 1.83 bits per heavy atom. The van der Waals surface area contributed by atoms with Crippen molar-refractivity contribution in [1.29, 1.82) is 0 Å². The van der Waals surface area contributed by atoms with Crippen LogP contribution in [0.5, 0.6) is 0 Å². The van der Waals surface area contributed by atoms with E-state index in [1.165, 1.54) is 0 Å². The number of aromatic nitrogens is 2. The number of nitrogens with zero attached hydrogens (tertiary/aromatic N) is 3. The highest BCUT2D eigenvalue weighted by atomic mass is 16.2. The van der Waals surface area contributed by atoms with Crippen LogP contribution in [-0.4, -0.2) is 33.2 Å². The first-order valence-corrected chi connectivity index (χ1v) is 8.15. The van der Waals surface area contributed by atoms with Gasteiger partial charge in [-0.3, -0.25) is 4.79 Å². The molecule has 0 aliphatic heterocycles. The molecule has 124 valence electrons. The fourth-order valence-electron chi connectivity index (χ4n) is 2.60. The average Bonchev–Trinajstić information content (AvgIpc) is 2.83. The molecule has 0 aliphatic carbocycles. The van der Waals surface area contributed by atoms with Crippen LogP contribution in [0.25, 0.3) is 5.69 Å². The molecule has 0 saturated carbocycles. The minimum atomic E-state index is -0.131. The second-order valence-corrected chi connectivity index (χ2v) is 6.69. The van der Waals surface area contributed by atoms with Crippen LogP contribution in [0.15, 0.2) is 30.3 Å². The molecule has 0 spiro atoms. The van der Waals surface area contributed by atoms with E-state index in [9.17, 15) is 4.79 Å². The highest BCUT2D eigenvalue weighted by Crippen LogP contribution is 2.22. The van der Waals surface area contributed by atoms with Gasteiger partial charge in [0.05, 0.1) is 17.8 Å². The number of carbonyl (C=O) groups is 1. The topological polar surface area (TPSA) is 38.1 Å².